The molecule has 0 saturated carbocycles. The molecule has 0 spiro atoms. The average Bonchev–Trinajstić information content (AvgIpc) is 3.41. The topological polar surface area (TPSA) is 80.3 Å². The van der Waals surface area contributed by atoms with Crippen LogP contribution in [0.1, 0.15) is 27.7 Å². The molecule has 1 saturated heterocycles. The number of thiophene rings is 1. The lowest BCUT2D eigenvalue weighted by Crippen LogP contribution is -2.48. The lowest BCUT2D eigenvalue weighted by atomic mass is 10.1. The van der Waals surface area contributed by atoms with Gasteiger partial charge in [0, 0.05) is 37.6 Å². The van der Waals surface area contributed by atoms with Crippen LogP contribution in [0.5, 0.6) is 11.5 Å². The Kier molecular flexibility index (Phi) is 6.74. The van der Waals surface area contributed by atoms with Gasteiger partial charge in [-0.15, -0.1) is 11.3 Å². The van der Waals surface area contributed by atoms with Crippen LogP contribution in [0.15, 0.2) is 24.3 Å². The number of aryl methyl sites for hydroxylation is 1. The summed E-state index contributed by atoms with van der Waals surface area (Å²) in [5.41, 5.74) is 1.61. The van der Waals surface area contributed by atoms with Gasteiger partial charge in [-0.2, -0.15) is 0 Å². The minimum absolute atomic E-state index is 0.112. The number of esters is 1. The Hall–Kier alpha value is -2.62. The number of hydrogen-bond donors (Lipinski definition) is 1. The summed E-state index contributed by atoms with van der Waals surface area (Å²) in [4.78, 5) is 30.1. The molecule has 4 rings (SSSR count). The van der Waals surface area contributed by atoms with Gasteiger partial charge < -0.3 is 19.5 Å². The van der Waals surface area contributed by atoms with E-state index in [1.165, 1.54) is 24.0 Å². The van der Waals surface area contributed by atoms with Gasteiger partial charge in [-0.1, -0.05) is 13.0 Å². The Bertz CT molecular complexity index is 953. The third kappa shape index (κ3) is 5.17. The second-order valence-electron chi connectivity index (χ2n) is 7.59. The highest BCUT2D eigenvalue weighted by molar-refractivity contribution is 7.16. The maximum atomic E-state index is 12.6. The van der Waals surface area contributed by atoms with Crippen molar-refractivity contribution in [3.8, 4) is 11.5 Å². The fraction of sp³-hybridized carbons (Fsp3) is 0.455. The molecule has 1 amide bonds. The van der Waals surface area contributed by atoms with E-state index in [0.717, 1.165) is 55.5 Å². The molecule has 1 N–H and O–H groups in total. The predicted octanol–water partition coefficient (Wildman–Crippen LogP) is 2.58. The van der Waals surface area contributed by atoms with E-state index in [2.05, 4.69) is 21.2 Å². The number of carbonyl (C=O) groups is 2. The summed E-state index contributed by atoms with van der Waals surface area (Å²) in [6.07, 6.45) is 0.801. The summed E-state index contributed by atoms with van der Waals surface area (Å²) in [6.45, 7) is 6.83. The summed E-state index contributed by atoms with van der Waals surface area (Å²) >= 11 is 1.42. The zero-order chi connectivity index (χ0) is 21.8. The fourth-order valence-corrected chi connectivity index (χ4v) is 4.74. The monoisotopic (exact) mass is 445 g/mol. The van der Waals surface area contributed by atoms with Gasteiger partial charge in [0.25, 0.3) is 0 Å². The highest BCUT2D eigenvalue weighted by atomic mass is 32.1. The maximum absolute atomic E-state index is 12.6. The average molecular weight is 446 g/mol. The lowest BCUT2D eigenvalue weighted by Gasteiger charge is -2.34. The summed E-state index contributed by atoms with van der Waals surface area (Å²) in [5.74, 6) is 1.06. The van der Waals surface area contributed by atoms with Crippen LogP contribution < -0.4 is 14.8 Å². The molecule has 31 heavy (non-hydrogen) atoms. The second kappa shape index (κ2) is 9.67. The van der Waals surface area contributed by atoms with Crippen molar-refractivity contribution < 1.29 is 23.8 Å². The first kappa shape index (κ1) is 21.6. The van der Waals surface area contributed by atoms with Gasteiger partial charge in [-0.3, -0.25) is 14.6 Å². The molecule has 3 heterocycles. The number of nitrogens with zero attached hydrogens (tertiary/aromatic N) is 2. The number of fused-ring (bicyclic) bond motifs is 1. The molecule has 2 aliphatic rings. The third-order valence-corrected chi connectivity index (χ3v) is 6.66. The first-order valence-electron chi connectivity index (χ1n) is 10.4. The van der Waals surface area contributed by atoms with Gasteiger partial charge in [0.05, 0.1) is 19.2 Å². The number of benzene rings is 1. The van der Waals surface area contributed by atoms with Crippen molar-refractivity contribution >= 4 is 28.2 Å². The molecule has 0 atom stereocenters. The van der Waals surface area contributed by atoms with Crippen molar-refractivity contribution in [3.63, 3.8) is 0 Å². The number of nitrogens with one attached hydrogen (secondary N) is 1. The van der Waals surface area contributed by atoms with E-state index < -0.39 is 5.97 Å². The normalized spacial score (nSPS) is 16.3. The van der Waals surface area contributed by atoms with Gasteiger partial charge in [0.1, 0.15) is 5.00 Å². The van der Waals surface area contributed by atoms with Crippen LogP contribution in [0.3, 0.4) is 0 Å². The quantitative estimate of drug-likeness (QED) is 0.656. The van der Waals surface area contributed by atoms with Crippen molar-refractivity contribution in [1.82, 2.24) is 9.80 Å². The standard InChI is InChI=1S/C22H27N3O5S/c1-3-16-11-17(22(27)28-2)21(31-16)23-20(26)13-25-8-6-24(7-9-25)12-15-4-5-18-19(10-15)30-14-29-18/h4-5,10-11H,3,6-9,12-14H2,1-2H3,(H,23,26). The van der Waals surface area contributed by atoms with E-state index in [-0.39, 0.29) is 12.7 Å². The van der Waals surface area contributed by atoms with Gasteiger partial charge in [0.15, 0.2) is 11.5 Å². The van der Waals surface area contributed by atoms with Crippen LogP contribution >= 0.6 is 11.3 Å². The predicted molar refractivity (Wildman–Crippen MR) is 118 cm³/mol. The van der Waals surface area contributed by atoms with Crippen molar-refractivity contribution in [1.29, 1.82) is 0 Å². The Labute approximate surface area is 185 Å². The highest BCUT2D eigenvalue weighted by Crippen LogP contribution is 2.33. The molecule has 9 heteroatoms. The number of hydrogen-bond acceptors (Lipinski definition) is 8. The summed E-state index contributed by atoms with van der Waals surface area (Å²) < 4.78 is 15.7. The van der Waals surface area contributed by atoms with Crippen LogP contribution in [-0.2, 0) is 22.5 Å². The summed E-state index contributed by atoms with van der Waals surface area (Å²) in [6, 6.07) is 7.85. The zero-order valence-corrected chi connectivity index (χ0v) is 18.6. The molecule has 0 bridgehead atoms. The molecule has 1 aromatic heterocycles. The first-order valence-corrected chi connectivity index (χ1v) is 11.2. The van der Waals surface area contributed by atoms with E-state index in [9.17, 15) is 9.59 Å². The van der Waals surface area contributed by atoms with E-state index in [4.69, 9.17) is 14.2 Å². The van der Waals surface area contributed by atoms with Crippen molar-refractivity contribution in [2.75, 3.05) is 51.9 Å². The zero-order valence-electron chi connectivity index (χ0n) is 17.8. The molecule has 1 aromatic carbocycles. The number of carbonyl (C=O) groups excluding carboxylic acids is 2. The number of ether oxygens (including phenoxy) is 3. The van der Waals surface area contributed by atoms with Crippen molar-refractivity contribution in [3.05, 3.63) is 40.3 Å². The first-order chi connectivity index (χ1) is 15.1. The molecular weight excluding hydrogens is 418 g/mol. The van der Waals surface area contributed by atoms with Gasteiger partial charge >= 0.3 is 5.97 Å². The summed E-state index contributed by atoms with van der Waals surface area (Å²) in [7, 11) is 1.35. The minimum atomic E-state index is -0.427. The van der Waals surface area contributed by atoms with Gasteiger partial charge in [-0.05, 0) is 30.2 Å². The van der Waals surface area contributed by atoms with Crippen LogP contribution in [0.4, 0.5) is 5.00 Å². The second-order valence-corrected chi connectivity index (χ2v) is 8.73. The van der Waals surface area contributed by atoms with Crippen molar-refractivity contribution in [2.45, 2.75) is 19.9 Å². The molecule has 0 unspecified atom stereocenters. The largest absolute Gasteiger partial charge is 0.465 e. The minimum Gasteiger partial charge on any atom is -0.465 e. The van der Waals surface area contributed by atoms with Crippen LogP contribution in [0.25, 0.3) is 0 Å². The number of rotatable bonds is 7. The van der Waals surface area contributed by atoms with Crippen LogP contribution in [0.2, 0.25) is 0 Å². The fourth-order valence-electron chi connectivity index (χ4n) is 3.74. The van der Waals surface area contributed by atoms with Crippen molar-refractivity contribution in [2.24, 2.45) is 0 Å². The summed E-state index contributed by atoms with van der Waals surface area (Å²) in [5, 5.41) is 3.47. The van der Waals surface area contributed by atoms with E-state index in [1.54, 1.807) is 6.07 Å². The molecule has 0 radical (unpaired) electrons. The number of anilines is 1. The Balaban J connectivity index is 1.27. The molecule has 0 aliphatic carbocycles. The van der Waals surface area contributed by atoms with Gasteiger partial charge in [-0.25, -0.2) is 4.79 Å². The number of methoxy groups -OCH3 is 1. The maximum Gasteiger partial charge on any atom is 0.340 e. The third-order valence-electron chi connectivity index (χ3n) is 5.47. The number of amides is 1. The molecule has 8 nitrogen and oxygen atoms in total. The Morgan fingerprint density at radius 2 is 1.84 bits per heavy atom. The molecular formula is C22H27N3O5S. The molecule has 1 fully saturated rings. The molecule has 2 aliphatic heterocycles. The molecule has 166 valence electrons. The smallest absolute Gasteiger partial charge is 0.340 e. The number of piperazine rings is 1. The Morgan fingerprint density at radius 1 is 1.10 bits per heavy atom. The highest BCUT2D eigenvalue weighted by Gasteiger charge is 2.22. The SMILES string of the molecule is CCc1cc(C(=O)OC)c(NC(=O)CN2CCN(Cc3ccc4c(c3)OCO4)CC2)s1. The van der Waals surface area contributed by atoms with Crippen LogP contribution in [0, 0.1) is 0 Å². The van der Waals surface area contributed by atoms with E-state index in [0.29, 0.717) is 17.1 Å². The lowest BCUT2D eigenvalue weighted by molar-refractivity contribution is -0.117. The molecule has 2 aromatic rings. The van der Waals surface area contributed by atoms with E-state index >= 15 is 0 Å². The van der Waals surface area contributed by atoms with Gasteiger partial charge in [0.2, 0.25) is 12.7 Å². The van der Waals surface area contributed by atoms with E-state index in [1.807, 2.05) is 19.1 Å². The Morgan fingerprint density at radius 3 is 2.58 bits per heavy atom. The van der Waals surface area contributed by atoms with Crippen LogP contribution in [-0.4, -0.2) is 68.3 Å².